The van der Waals surface area contributed by atoms with E-state index >= 15 is 0 Å². The van der Waals surface area contributed by atoms with Crippen LogP contribution in [-0.2, 0) is 10.0 Å². The minimum atomic E-state index is -3.30. The van der Waals surface area contributed by atoms with Crippen LogP contribution < -0.4 is 10.5 Å². The van der Waals surface area contributed by atoms with E-state index in [1.54, 1.807) is 13.8 Å². The number of nitrogens with two attached hydrogens (primary N) is 1. The lowest BCUT2D eigenvalue weighted by Gasteiger charge is -2.23. The Kier molecular flexibility index (Phi) is 5.21. The predicted octanol–water partition coefficient (Wildman–Crippen LogP) is 0.334. The molecule has 16 heavy (non-hydrogen) atoms. The molecule has 0 bridgehead atoms. The third-order valence-electron chi connectivity index (χ3n) is 2.09. The van der Waals surface area contributed by atoms with Crippen LogP contribution in [0.4, 0.5) is 0 Å². The molecule has 0 aliphatic carbocycles. The van der Waals surface area contributed by atoms with Gasteiger partial charge >= 0.3 is 0 Å². The summed E-state index contributed by atoms with van der Waals surface area (Å²) in [4.78, 5) is 0. The van der Waals surface area contributed by atoms with Crippen LogP contribution in [0.5, 0.6) is 0 Å². The molecule has 6 nitrogen and oxygen atoms in total. The lowest BCUT2D eigenvalue weighted by molar-refractivity contribution is 0.307. The quantitative estimate of drug-likeness (QED) is 0.274. The number of amidine groups is 1. The first-order chi connectivity index (χ1) is 7.10. The van der Waals surface area contributed by atoms with Gasteiger partial charge in [-0.2, -0.15) is 0 Å². The Morgan fingerprint density at radius 1 is 1.50 bits per heavy atom. The highest BCUT2D eigenvalue weighted by Gasteiger charge is 2.26. The molecule has 0 aromatic rings. The molecule has 0 unspecified atom stereocenters. The van der Waals surface area contributed by atoms with Gasteiger partial charge in [-0.25, -0.2) is 13.1 Å². The van der Waals surface area contributed by atoms with Crippen molar-refractivity contribution in [3.05, 3.63) is 0 Å². The number of nitrogens with one attached hydrogen (secondary N) is 1. The summed E-state index contributed by atoms with van der Waals surface area (Å²) in [7, 11) is -3.30. The lowest BCUT2D eigenvalue weighted by atomic mass is 9.93. The van der Waals surface area contributed by atoms with Gasteiger partial charge in [0.05, 0.1) is 5.75 Å². The molecule has 0 rings (SSSR count). The van der Waals surface area contributed by atoms with Crippen molar-refractivity contribution >= 4 is 15.9 Å². The van der Waals surface area contributed by atoms with Crippen LogP contribution in [0.1, 0.15) is 27.7 Å². The molecule has 0 amide bonds. The summed E-state index contributed by atoms with van der Waals surface area (Å²) in [6.45, 7) is 7.15. The topological polar surface area (TPSA) is 105 Å². The summed E-state index contributed by atoms with van der Waals surface area (Å²) < 4.78 is 25.5. The third kappa shape index (κ3) is 5.32. The van der Waals surface area contributed by atoms with Crippen molar-refractivity contribution in [1.82, 2.24) is 4.72 Å². The monoisotopic (exact) mass is 251 g/mol. The second kappa shape index (κ2) is 5.49. The van der Waals surface area contributed by atoms with Crippen molar-refractivity contribution in [2.45, 2.75) is 27.7 Å². The molecule has 96 valence electrons. The van der Waals surface area contributed by atoms with Crippen LogP contribution in [-0.4, -0.2) is 31.8 Å². The van der Waals surface area contributed by atoms with E-state index in [4.69, 9.17) is 10.9 Å². The summed E-state index contributed by atoms with van der Waals surface area (Å²) in [5, 5.41) is 11.4. The Bertz CT molecular complexity index is 347. The van der Waals surface area contributed by atoms with Gasteiger partial charge in [0.25, 0.3) is 0 Å². The summed E-state index contributed by atoms with van der Waals surface area (Å²) >= 11 is 0. The van der Waals surface area contributed by atoms with Crippen molar-refractivity contribution < 1.29 is 13.6 Å². The fourth-order valence-corrected chi connectivity index (χ4v) is 2.59. The summed E-state index contributed by atoms with van der Waals surface area (Å²) in [5.74, 6) is 0.128. The maximum Gasteiger partial charge on any atom is 0.211 e. The van der Waals surface area contributed by atoms with Gasteiger partial charge in [0.1, 0.15) is 5.84 Å². The Morgan fingerprint density at radius 3 is 2.38 bits per heavy atom. The number of hydrogen-bond acceptors (Lipinski definition) is 4. The first-order valence-corrected chi connectivity index (χ1v) is 6.71. The summed E-state index contributed by atoms with van der Waals surface area (Å²) in [6, 6.07) is 0. The molecule has 0 aliphatic rings. The zero-order valence-corrected chi connectivity index (χ0v) is 11.0. The normalized spacial score (nSPS) is 14.4. The largest absolute Gasteiger partial charge is 0.409 e. The molecule has 0 radical (unpaired) electrons. The van der Waals surface area contributed by atoms with Crippen molar-refractivity contribution in [2.24, 2.45) is 22.2 Å². The third-order valence-corrected chi connectivity index (χ3v) is 3.78. The summed E-state index contributed by atoms with van der Waals surface area (Å²) in [6.07, 6.45) is 0. The highest BCUT2D eigenvalue weighted by atomic mass is 32.2. The van der Waals surface area contributed by atoms with Gasteiger partial charge in [-0.05, 0) is 5.92 Å². The number of sulfonamides is 1. The van der Waals surface area contributed by atoms with E-state index < -0.39 is 15.4 Å². The van der Waals surface area contributed by atoms with E-state index in [9.17, 15) is 8.42 Å². The fourth-order valence-electron chi connectivity index (χ4n) is 1.01. The minimum Gasteiger partial charge on any atom is -0.409 e. The first kappa shape index (κ1) is 15.2. The van der Waals surface area contributed by atoms with Crippen molar-refractivity contribution in [2.75, 3.05) is 12.3 Å². The average Bonchev–Trinajstić information content (AvgIpc) is 2.12. The van der Waals surface area contributed by atoms with Crippen molar-refractivity contribution in [3.63, 3.8) is 0 Å². The van der Waals surface area contributed by atoms with Crippen LogP contribution in [0.3, 0.4) is 0 Å². The van der Waals surface area contributed by atoms with Gasteiger partial charge in [-0.15, -0.1) is 0 Å². The molecule has 0 saturated carbocycles. The van der Waals surface area contributed by atoms with E-state index in [1.165, 1.54) is 0 Å². The Hall–Kier alpha value is -0.820. The Labute approximate surface area is 97.0 Å². The van der Waals surface area contributed by atoms with Crippen LogP contribution in [0.25, 0.3) is 0 Å². The molecule has 7 heteroatoms. The van der Waals surface area contributed by atoms with Gasteiger partial charge in [-0.1, -0.05) is 32.9 Å². The average molecular weight is 251 g/mol. The standard InChI is InChI=1S/C9H21N3O3S/c1-7(2)5-16(14,15)11-6-9(3,4)8(10)12-13/h7,11,13H,5-6H2,1-4H3,(H2,10,12). The lowest BCUT2D eigenvalue weighted by Crippen LogP contribution is -2.43. The zero-order valence-electron chi connectivity index (χ0n) is 10.2. The van der Waals surface area contributed by atoms with E-state index in [1.807, 2.05) is 13.8 Å². The van der Waals surface area contributed by atoms with Gasteiger partial charge in [0, 0.05) is 12.0 Å². The molecule has 0 spiro atoms. The molecular weight excluding hydrogens is 230 g/mol. The second-order valence-electron chi connectivity index (χ2n) is 4.87. The predicted molar refractivity (Wildman–Crippen MR) is 63.8 cm³/mol. The highest BCUT2D eigenvalue weighted by molar-refractivity contribution is 7.89. The maximum absolute atomic E-state index is 11.5. The van der Waals surface area contributed by atoms with E-state index in [0.29, 0.717) is 0 Å². The zero-order chi connectivity index (χ0) is 13.0. The van der Waals surface area contributed by atoms with Crippen molar-refractivity contribution in [1.29, 1.82) is 0 Å². The first-order valence-electron chi connectivity index (χ1n) is 5.06. The Morgan fingerprint density at radius 2 is 2.00 bits per heavy atom. The van der Waals surface area contributed by atoms with Crippen LogP contribution in [0.15, 0.2) is 5.16 Å². The molecule has 0 heterocycles. The number of nitrogens with zero attached hydrogens (tertiary/aromatic N) is 1. The molecule has 0 saturated heterocycles. The van der Waals surface area contributed by atoms with Crippen molar-refractivity contribution in [3.8, 4) is 0 Å². The molecule has 4 N–H and O–H groups in total. The second-order valence-corrected chi connectivity index (χ2v) is 6.72. The van der Waals surface area contributed by atoms with Gasteiger partial charge in [0.2, 0.25) is 10.0 Å². The van der Waals surface area contributed by atoms with Gasteiger partial charge < -0.3 is 10.9 Å². The van der Waals surface area contributed by atoms with Gasteiger partial charge in [0.15, 0.2) is 0 Å². The van der Waals surface area contributed by atoms with E-state index in [2.05, 4.69) is 9.88 Å². The Balaban J connectivity index is 4.46. The molecular formula is C9H21N3O3S. The smallest absolute Gasteiger partial charge is 0.211 e. The number of oxime groups is 1. The molecule has 0 aromatic heterocycles. The van der Waals surface area contributed by atoms with Crippen LogP contribution in [0.2, 0.25) is 0 Å². The molecule has 0 aliphatic heterocycles. The van der Waals surface area contributed by atoms with Gasteiger partial charge in [-0.3, -0.25) is 0 Å². The SMILES string of the molecule is CC(C)CS(=O)(=O)NCC(C)(C)C(N)=NO. The highest BCUT2D eigenvalue weighted by Crippen LogP contribution is 2.14. The molecule has 0 atom stereocenters. The number of hydrogen-bond donors (Lipinski definition) is 3. The fraction of sp³-hybridized carbons (Fsp3) is 0.889. The summed E-state index contributed by atoms with van der Waals surface area (Å²) in [5.41, 5.74) is 4.74. The minimum absolute atomic E-state index is 0.000234. The number of rotatable bonds is 6. The van der Waals surface area contributed by atoms with E-state index in [-0.39, 0.29) is 24.1 Å². The van der Waals surface area contributed by atoms with E-state index in [0.717, 1.165) is 0 Å². The van der Waals surface area contributed by atoms with Crippen LogP contribution >= 0.6 is 0 Å². The van der Waals surface area contributed by atoms with Crippen LogP contribution in [0, 0.1) is 11.3 Å². The molecule has 0 fully saturated rings. The molecule has 0 aromatic carbocycles. The maximum atomic E-state index is 11.5.